The van der Waals surface area contributed by atoms with E-state index in [2.05, 4.69) is 50.1 Å². The molecule has 6 aromatic rings. The molecule has 1 aliphatic heterocycles. The van der Waals surface area contributed by atoms with Gasteiger partial charge >= 0.3 is 5.97 Å². The van der Waals surface area contributed by atoms with Crippen LogP contribution in [0.3, 0.4) is 0 Å². The van der Waals surface area contributed by atoms with Crippen molar-refractivity contribution in [3.63, 3.8) is 0 Å². The molecule has 0 radical (unpaired) electrons. The number of phenols is 1. The molecule has 1 saturated heterocycles. The number of fused-ring (bicyclic) bond motifs is 1. The molecule has 0 bridgehead atoms. The van der Waals surface area contributed by atoms with E-state index in [1.807, 2.05) is 60.7 Å². The number of aromatic nitrogens is 1. The molecule has 65 heavy (non-hydrogen) atoms. The van der Waals surface area contributed by atoms with Gasteiger partial charge in [-0.3, -0.25) is 24.1 Å². The average Bonchev–Trinajstić information content (AvgIpc) is 3.33. The van der Waals surface area contributed by atoms with E-state index in [-0.39, 0.29) is 47.8 Å². The zero-order valence-corrected chi connectivity index (χ0v) is 36.4. The predicted molar refractivity (Wildman–Crippen MR) is 250 cm³/mol. The van der Waals surface area contributed by atoms with Gasteiger partial charge in [-0.05, 0) is 115 Å². The maximum atomic E-state index is 13.7. The second-order valence-electron chi connectivity index (χ2n) is 16.5. The van der Waals surface area contributed by atoms with Gasteiger partial charge < -0.3 is 40.6 Å². The van der Waals surface area contributed by atoms with Crippen molar-refractivity contribution in [2.24, 2.45) is 5.92 Å². The van der Waals surface area contributed by atoms with Gasteiger partial charge in [0, 0.05) is 43.2 Å². The third-order valence-corrected chi connectivity index (χ3v) is 11.7. The normalized spacial score (nSPS) is 14.0. The summed E-state index contributed by atoms with van der Waals surface area (Å²) in [5.41, 5.74) is 4.92. The number of amides is 2. The number of phenolic OH excluding ortho intramolecular Hbond substituents is 1. The quantitative estimate of drug-likeness (QED) is 0.0371. The number of aromatic amines is 1. The number of aliphatic hydroxyl groups is 1. The number of benzene rings is 5. The van der Waals surface area contributed by atoms with Crippen molar-refractivity contribution in [2.45, 2.75) is 44.2 Å². The van der Waals surface area contributed by atoms with Gasteiger partial charge in [0.1, 0.15) is 17.4 Å². The number of nitrogens with zero attached hydrogens (tertiary/aromatic N) is 1. The van der Waals surface area contributed by atoms with E-state index in [1.54, 1.807) is 36.4 Å². The average molecular weight is 880 g/mol. The van der Waals surface area contributed by atoms with Crippen LogP contribution in [0.15, 0.2) is 138 Å². The topological polar surface area (TPSA) is 182 Å². The van der Waals surface area contributed by atoms with Gasteiger partial charge in [0.2, 0.25) is 5.56 Å². The largest absolute Gasteiger partial charge is 0.506 e. The van der Waals surface area contributed by atoms with Gasteiger partial charge in [0.15, 0.2) is 6.61 Å². The van der Waals surface area contributed by atoms with Gasteiger partial charge in [-0.1, -0.05) is 91.0 Å². The molecule has 6 N–H and O–H groups in total. The second-order valence-corrected chi connectivity index (χ2v) is 16.5. The number of pyridine rings is 1. The number of carbonyl (C=O) groups is 3. The van der Waals surface area contributed by atoms with Crippen molar-refractivity contribution in [1.82, 2.24) is 25.8 Å². The summed E-state index contributed by atoms with van der Waals surface area (Å²) in [7, 11) is 0. The van der Waals surface area contributed by atoms with Crippen molar-refractivity contribution in [1.29, 1.82) is 0 Å². The minimum atomic E-state index is -0.853. The van der Waals surface area contributed by atoms with Crippen LogP contribution in [0.2, 0.25) is 0 Å². The lowest BCUT2D eigenvalue weighted by Crippen LogP contribution is -2.35. The Hall–Kier alpha value is -6.80. The molecule has 2 amide bonds. The molecule has 2 heterocycles. The first kappa shape index (κ1) is 46.2. The third kappa shape index (κ3) is 13.4. The van der Waals surface area contributed by atoms with Crippen molar-refractivity contribution in [3.8, 4) is 11.5 Å². The van der Waals surface area contributed by atoms with E-state index in [1.165, 1.54) is 17.7 Å². The lowest BCUT2D eigenvalue weighted by atomic mass is 9.91. The number of likely N-dealkylation sites (tertiary alicyclic amines) is 1. The van der Waals surface area contributed by atoms with E-state index in [9.17, 15) is 29.4 Å². The van der Waals surface area contributed by atoms with E-state index in [4.69, 9.17) is 9.47 Å². The summed E-state index contributed by atoms with van der Waals surface area (Å²) in [6, 6.07) is 40.6. The smallest absolute Gasteiger partial charge is 0.317 e. The van der Waals surface area contributed by atoms with Crippen LogP contribution in [0.4, 0.5) is 0 Å². The van der Waals surface area contributed by atoms with Crippen LogP contribution in [-0.2, 0) is 27.3 Å². The number of aromatic hydroxyl groups is 1. The Morgan fingerprint density at radius 2 is 1.49 bits per heavy atom. The highest BCUT2D eigenvalue weighted by Crippen LogP contribution is 2.31. The number of nitrogens with one attached hydrogen (secondary N) is 4. The lowest BCUT2D eigenvalue weighted by Gasteiger charge is -2.32. The minimum absolute atomic E-state index is 0.0585. The summed E-state index contributed by atoms with van der Waals surface area (Å²) >= 11 is 0. The zero-order valence-electron chi connectivity index (χ0n) is 36.4. The maximum absolute atomic E-state index is 13.7. The van der Waals surface area contributed by atoms with Gasteiger partial charge in [-0.25, -0.2) is 0 Å². The number of H-pyrrole nitrogens is 1. The standard InChI is InChI=1S/C52H57N5O8/c58-45-21-19-43(44-20-22-47(60)56-50(44)45)46(59)32-53-28-23-36-15-17-40(18-16-36)51(62)55-27-8-26-54-48(61)35-64-42-14-7-13-41(31-42)49(39-11-5-2-6-12-39)52(63)65-34-38-24-29-57(30-25-38)33-37-9-3-1-4-10-37/h1-7,9-22,31,38,46,49,53,58-59H,8,23-30,32-35H2,(H,54,61)(H,55,62)(H,56,60). The molecular formula is C52H57N5O8. The molecule has 13 nitrogen and oxygen atoms in total. The van der Waals surface area contributed by atoms with Crippen LogP contribution in [0.25, 0.3) is 10.9 Å². The summed E-state index contributed by atoms with van der Waals surface area (Å²) in [5, 5.41) is 30.4. The lowest BCUT2D eigenvalue weighted by molar-refractivity contribution is -0.146. The van der Waals surface area contributed by atoms with Crippen LogP contribution in [-0.4, -0.2) is 90.4 Å². The Morgan fingerprint density at radius 3 is 2.26 bits per heavy atom. The van der Waals surface area contributed by atoms with Gasteiger partial charge in [-0.2, -0.15) is 0 Å². The highest BCUT2D eigenvalue weighted by Gasteiger charge is 2.27. The first-order chi connectivity index (χ1) is 31.7. The molecule has 1 aliphatic rings. The summed E-state index contributed by atoms with van der Waals surface area (Å²) in [6.07, 6.45) is 2.28. The first-order valence-electron chi connectivity index (χ1n) is 22.3. The SMILES string of the molecule is O=C(COc1cccc(C(C(=O)OCC2CCN(Cc3ccccc3)CC2)c2ccccc2)c1)NCCCNC(=O)c1ccc(CCNCC(O)c2ccc(O)c3[nH]c(=O)ccc23)cc1. The number of rotatable bonds is 21. The number of hydrogen-bond donors (Lipinski definition) is 6. The van der Waals surface area contributed by atoms with Gasteiger partial charge in [0.25, 0.3) is 11.8 Å². The van der Waals surface area contributed by atoms with Crippen LogP contribution in [0, 0.1) is 5.92 Å². The van der Waals surface area contributed by atoms with Gasteiger partial charge in [-0.15, -0.1) is 0 Å². The molecule has 0 spiro atoms. The molecule has 338 valence electrons. The maximum Gasteiger partial charge on any atom is 0.317 e. The van der Waals surface area contributed by atoms with Gasteiger partial charge in [0.05, 0.1) is 18.2 Å². The summed E-state index contributed by atoms with van der Waals surface area (Å²) in [6.45, 7) is 4.59. The van der Waals surface area contributed by atoms with Crippen molar-refractivity contribution < 1.29 is 34.1 Å². The highest BCUT2D eigenvalue weighted by atomic mass is 16.5. The minimum Gasteiger partial charge on any atom is -0.506 e. The molecule has 7 rings (SSSR count). The Kier molecular flexibility index (Phi) is 16.5. The summed E-state index contributed by atoms with van der Waals surface area (Å²) in [5.74, 6) is -0.774. The summed E-state index contributed by atoms with van der Waals surface area (Å²) in [4.78, 5) is 55.9. The zero-order chi connectivity index (χ0) is 45.4. The number of ether oxygens (including phenoxy) is 2. The van der Waals surface area contributed by atoms with E-state index >= 15 is 0 Å². The Labute approximate surface area is 378 Å². The Bertz CT molecular complexity index is 2540. The number of aliphatic hydroxyl groups excluding tert-OH is 1. The highest BCUT2D eigenvalue weighted by molar-refractivity contribution is 5.94. The Morgan fingerprint density at radius 1 is 0.769 bits per heavy atom. The van der Waals surface area contributed by atoms with Crippen molar-refractivity contribution in [3.05, 3.63) is 177 Å². The molecular weight excluding hydrogens is 823 g/mol. The molecule has 13 heteroatoms. The molecule has 1 aromatic heterocycles. The first-order valence-corrected chi connectivity index (χ1v) is 22.3. The molecule has 2 atom stereocenters. The van der Waals surface area contributed by atoms with Crippen LogP contribution in [0.1, 0.15) is 69.5 Å². The van der Waals surface area contributed by atoms with E-state index in [0.29, 0.717) is 72.8 Å². The molecule has 1 fully saturated rings. The van der Waals surface area contributed by atoms with E-state index < -0.39 is 12.0 Å². The number of carbonyl (C=O) groups excluding carboxylic acids is 3. The van der Waals surface area contributed by atoms with E-state index in [0.717, 1.165) is 43.6 Å². The number of piperidine rings is 1. The molecule has 0 aliphatic carbocycles. The fraction of sp³-hybridized carbons (Fsp3) is 0.308. The molecule has 0 saturated carbocycles. The fourth-order valence-corrected chi connectivity index (χ4v) is 8.10. The molecule has 2 unspecified atom stereocenters. The number of esters is 1. The van der Waals surface area contributed by atoms with Crippen molar-refractivity contribution >= 4 is 28.7 Å². The van der Waals surface area contributed by atoms with Crippen LogP contribution < -0.4 is 26.2 Å². The predicted octanol–water partition coefficient (Wildman–Crippen LogP) is 6.00. The van der Waals surface area contributed by atoms with Crippen molar-refractivity contribution in [2.75, 3.05) is 52.5 Å². The second kappa shape index (κ2) is 23.2. The fourth-order valence-electron chi connectivity index (χ4n) is 8.10. The third-order valence-electron chi connectivity index (χ3n) is 11.7. The van der Waals surface area contributed by atoms with Crippen LogP contribution >= 0.6 is 0 Å². The summed E-state index contributed by atoms with van der Waals surface area (Å²) < 4.78 is 11.8. The monoisotopic (exact) mass is 879 g/mol. The Balaban J connectivity index is 0.788. The number of hydrogen-bond acceptors (Lipinski definition) is 10. The van der Waals surface area contributed by atoms with Crippen LogP contribution in [0.5, 0.6) is 11.5 Å². The molecule has 5 aromatic carbocycles.